The van der Waals surface area contributed by atoms with Gasteiger partial charge in [-0.05, 0) is 39.2 Å². The van der Waals surface area contributed by atoms with E-state index in [4.69, 9.17) is 0 Å². The third-order valence-electron chi connectivity index (χ3n) is 3.44. The van der Waals surface area contributed by atoms with Gasteiger partial charge >= 0.3 is 0 Å². The molecule has 0 saturated carbocycles. The number of hydrogen-bond acceptors (Lipinski definition) is 1. The zero-order valence-electron chi connectivity index (χ0n) is 11.5. The Bertz CT molecular complexity index is 656. The molecule has 104 valence electrons. The van der Waals surface area contributed by atoms with Crippen LogP contribution in [0.25, 0.3) is 0 Å². The molecule has 0 saturated heterocycles. The molecule has 0 aliphatic carbocycles. The van der Waals surface area contributed by atoms with E-state index >= 15 is 0 Å². The Morgan fingerprint density at radius 1 is 0.619 bits per heavy atom. The SMILES string of the molecule is Brc1ccccc1NC(c1ccccc1)c1ccccc1. The van der Waals surface area contributed by atoms with Gasteiger partial charge in [-0.2, -0.15) is 0 Å². The van der Waals surface area contributed by atoms with Crippen LogP contribution < -0.4 is 5.32 Å². The van der Waals surface area contributed by atoms with Crippen molar-refractivity contribution in [3.8, 4) is 0 Å². The van der Waals surface area contributed by atoms with Gasteiger partial charge in [0.1, 0.15) is 0 Å². The van der Waals surface area contributed by atoms with Crippen molar-refractivity contribution in [1.82, 2.24) is 0 Å². The number of halogens is 1. The highest BCUT2D eigenvalue weighted by molar-refractivity contribution is 9.10. The van der Waals surface area contributed by atoms with Crippen molar-refractivity contribution >= 4 is 21.6 Å². The number of rotatable bonds is 4. The van der Waals surface area contributed by atoms with Crippen molar-refractivity contribution in [2.24, 2.45) is 0 Å². The molecule has 3 rings (SSSR count). The molecular formula is C19H16BrN. The largest absolute Gasteiger partial charge is 0.373 e. The topological polar surface area (TPSA) is 12.0 Å². The number of anilines is 1. The smallest absolute Gasteiger partial charge is 0.0767 e. The van der Waals surface area contributed by atoms with Gasteiger partial charge in [0.05, 0.1) is 6.04 Å². The normalized spacial score (nSPS) is 10.6. The quantitative estimate of drug-likeness (QED) is 0.648. The van der Waals surface area contributed by atoms with E-state index in [9.17, 15) is 0 Å². The molecule has 1 nitrogen and oxygen atoms in total. The van der Waals surface area contributed by atoms with E-state index < -0.39 is 0 Å². The fourth-order valence-electron chi connectivity index (χ4n) is 2.38. The lowest BCUT2D eigenvalue weighted by Crippen LogP contribution is -2.12. The minimum atomic E-state index is 0.131. The average Bonchev–Trinajstić information content (AvgIpc) is 2.56. The molecule has 0 radical (unpaired) electrons. The molecule has 3 aromatic rings. The van der Waals surface area contributed by atoms with Gasteiger partial charge in [0.15, 0.2) is 0 Å². The van der Waals surface area contributed by atoms with E-state index in [-0.39, 0.29) is 6.04 Å². The first-order valence-electron chi connectivity index (χ1n) is 6.95. The summed E-state index contributed by atoms with van der Waals surface area (Å²) in [5.74, 6) is 0. The lowest BCUT2D eigenvalue weighted by atomic mass is 9.98. The summed E-state index contributed by atoms with van der Waals surface area (Å²) >= 11 is 3.61. The van der Waals surface area contributed by atoms with Crippen molar-refractivity contribution in [2.45, 2.75) is 6.04 Å². The second kappa shape index (κ2) is 6.59. The molecule has 0 aromatic heterocycles. The second-order valence-corrected chi connectivity index (χ2v) is 5.73. The van der Waals surface area contributed by atoms with Gasteiger partial charge in [-0.1, -0.05) is 72.8 Å². The molecule has 0 spiro atoms. The molecule has 0 fully saturated rings. The number of para-hydroxylation sites is 1. The lowest BCUT2D eigenvalue weighted by Gasteiger charge is -2.22. The average molecular weight is 338 g/mol. The summed E-state index contributed by atoms with van der Waals surface area (Å²) in [5.41, 5.74) is 3.59. The van der Waals surface area contributed by atoms with Crippen LogP contribution in [0.4, 0.5) is 5.69 Å². The van der Waals surface area contributed by atoms with Crippen LogP contribution in [0, 0.1) is 0 Å². The third kappa shape index (κ3) is 3.34. The predicted octanol–water partition coefficient (Wildman–Crippen LogP) is 5.65. The number of benzene rings is 3. The first-order chi connectivity index (χ1) is 10.3. The molecule has 0 aliphatic rings. The van der Waals surface area contributed by atoms with E-state index in [1.54, 1.807) is 0 Å². The summed E-state index contributed by atoms with van der Waals surface area (Å²) in [6, 6.07) is 29.3. The van der Waals surface area contributed by atoms with Gasteiger partial charge in [0, 0.05) is 10.2 Å². The number of hydrogen-bond donors (Lipinski definition) is 1. The maximum atomic E-state index is 3.63. The van der Waals surface area contributed by atoms with Crippen molar-refractivity contribution in [1.29, 1.82) is 0 Å². The maximum Gasteiger partial charge on any atom is 0.0767 e. The van der Waals surface area contributed by atoms with Gasteiger partial charge in [-0.3, -0.25) is 0 Å². The van der Waals surface area contributed by atoms with Crippen molar-refractivity contribution < 1.29 is 0 Å². The Labute approximate surface area is 133 Å². The maximum absolute atomic E-state index is 3.63. The van der Waals surface area contributed by atoms with Crippen LogP contribution in [0.2, 0.25) is 0 Å². The highest BCUT2D eigenvalue weighted by atomic mass is 79.9. The fraction of sp³-hybridized carbons (Fsp3) is 0.0526. The Balaban J connectivity index is 1.99. The van der Waals surface area contributed by atoms with Crippen molar-refractivity contribution in [2.75, 3.05) is 5.32 Å². The number of nitrogens with one attached hydrogen (secondary N) is 1. The second-order valence-electron chi connectivity index (χ2n) is 4.88. The summed E-state index contributed by atoms with van der Waals surface area (Å²) in [5, 5.41) is 3.63. The summed E-state index contributed by atoms with van der Waals surface area (Å²) < 4.78 is 1.07. The third-order valence-corrected chi connectivity index (χ3v) is 4.13. The molecule has 0 unspecified atom stereocenters. The van der Waals surface area contributed by atoms with Gasteiger partial charge in [0.25, 0.3) is 0 Å². The highest BCUT2D eigenvalue weighted by Gasteiger charge is 2.14. The highest BCUT2D eigenvalue weighted by Crippen LogP contribution is 2.30. The zero-order chi connectivity index (χ0) is 14.5. The van der Waals surface area contributed by atoms with E-state index in [1.165, 1.54) is 11.1 Å². The Kier molecular flexibility index (Phi) is 4.37. The summed E-state index contributed by atoms with van der Waals surface area (Å²) in [6.07, 6.45) is 0. The van der Waals surface area contributed by atoms with Crippen LogP contribution in [-0.4, -0.2) is 0 Å². The van der Waals surface area contributed by atoms with Crippen LogP contribution in [0.1, 0.15) is 17.2 Å². The summed E-state index contributed by atoms with van der Waals surface area (Å²) in [6.45, 7) is 0. The summed E-state index contributed by atoms with van der Waals surface area (Å²) in [7, 11) is 0. The van der Waals surface area contributed by atoms with E-state index in [0.29, 0.717) is 0 Å². The van der Waals surface area contributed by atoms with Gasteiger partial charge in [-0.25, -0.2) is 0 Å². The monoisotopic (exact) mass is 337 g/mol. The first kappa shape index (κ1) is 13.9. The van der Waals surface area contributed by atoms with Crippen LogP contribution in [0.3, 0.4) is 0 Å². The van der Waals surface area contributed by atoms with E-state index in [0.717, 1.165) is 10.2 Å². The zero-order valence-corrected chi connectivity index (χ0v) is 13.1. The first-order valence-corrected chi connectivity index (χ1v) is 7.75. The Morgan fingerprint density at radius 3 is 1.62 bits per heavy atom. The van der Waals surface area contributed by atoms with Crippen LogP contribution >= 0.6 is 15.9 Å². The van der Waals surface area contributed by atoms with Crippen molar-refractivity contribution in [3.63, 3.8) is 0 Å². The Hall–Kier alpha value is -2.06. The molecule has 3 aromatic carbocycles. The van der Waals surface area contributed by atoms with Crippen LogP contribution in [-0.2, 0) is 0 Å². The van der Waals surface area contributed by atoms with Gasteiger partial charge in [0.2, 0.25) is 0 Å². The predicted molar refractivity (Wildman–Crippen MR) is 92.5 cm³/mol. The van der Waals surface area contributed by atoms with Crippen LogP contribution in [0.5, 0.6) is 0 Å². The molecule has 0 atom stereocenters. The molecule has 1 N–H and O–H groups in total. The lowest BCUT2D eigenvalue weighted by molar-refractivity contribution is 0.938. The molecule has 0 heterocycles. The molecule has 21 heavy (non-hydrogen) atoms. The standard InChI is InChI=1S/C19H16BrN/c20-17-13-7-8-14-18(17)21-19(15-9-3-1-4-10-15)16-11-5-2-6-12-16/h1-14,19,21H. The molecule has 0 amide bonds. The molecule has 2 heteroatoms. The van der Waals surface area contributed by atoms with Crippen molar-refractivity contribution in [3.05, 3.63) is 101 Å². The van der Waals surface area contributed by atoms with E-state index in [1.807, 2.05) is 24.3 Å². The van der Waals surface area contributed by atoms with Gasteiger partial charge < -0.3 is 5.32 Å². The van der Waals surface area contributed by atoms with Crippen LogP contribution in [0.15, 0.2) is 89.4 Å². The molecular weight excluding hydrogens is 322 g/mol. The Morgan fingerprint density at radius 2 is 1.10 bits per heavy atom. The molecule has 0 aliphatic heterocycles. The fourth-order valence-corrected chi connectivity index (χ4v) is 2.78. The van der Waals surface area contributed by atoms with E-state index in [2.05, 4.69) is 81.9 Å². The van der Waals surface area contributed by atoms with Gasteiger partial charge in [-0.15, -0.1) is 0 Å². The minimum absolute atomic E-state index is 0.131. The summed E-state index contributed by atoms with van der Waals surface area (Å²) in [4.78, 5) is 0. The molecule has 0 bridgehead atoms. The minimum Gasteiger partial charge on any atom is -0.373 e.